The zero-order valence-electron chi connectivity index (χ0n) is 6.28. The van der Waals surface area contributed by atoms with E-state index in [2.05, 4.69) is 9.97 Å². The molecule has 0 spiro atoms. The van der Waals surface area contributed by atoms with E-state index in [1.165, 1.54) is 23.0 Å². The molecule has 0 saturated carbocycles. The Kier molecular flexibility index (Phi) is 1.51. The van der Waals surface area contributed by atoms with Gasteiger partial charge in [-0.2, -0.15) is 13.2 Å². The summed E-state index contributed by atoms with van der Waals surface area (Å²) in [5.74, 6) is 0. The molecule has 0 bridgehead atoms. The van der Waals surface area contributed by atoms with E-state index >= 15 is 0 Å². The first kappa shape index (κ1) is 8.03. The fourth-order valence-corrected chi connectivity index (χ4v) is 1.05. The van der Waals surface area contributed by atoms with Crippen LogP contribution in [0.4, 0.5) is 13.2 Å². The highest BCUT2D eigenvalue weighted by Gasteiger charge is 2.35. The molecule has 0 N–H and O–H groups in total. The predicted molar refractivity (Wildman–Crippen MR) is 38.0 cm³/mol. The molecule has 0 atom stereocenters. The van der Waals surface area contributed by atoms with Crippen molar-refractivity contribution in [2.75, 3.05) is 0 Å². The number of imidazole rings is 1. The lowest BCUT2D eigenvalue weighted by Gasteiger charge is -2.05. The minimum Gasteiger partial charge on any atom is -0.304 e. The number of rotatable bonds is 0. The second-order valence-corrected chi connectivity index (χ2v) is 2.43. The smallest absolute Gasteiger partial charge is 0.304 e. The van der Waals surface area contributed by atoms with E-state index in [0.717, 1.165) is 6.20 Å². The van der Waals surface area contributed by atoms with Gasteiger partial charge in [0.05, 0.1) is 0 Å². The number of hydrogen-bond acceptors (Lipinski definition) is 2. The van der Waals surface area contributed by atoms with Gasteiger partial charge in [-0.1, -0.05) is 0 Å². The fourth-order valence-electron chi connectivity index (χ4n) is 1.05. The van der Waals surface area contributed by atoms with Crippen LogP contribution in [0.15, 0.2) is 24.8 Å². The second kappa shape index (κ2) is 2.45. The first-order valence-electron chi connectivity index (χ1n) is 3.44. The summed E-state index contributed by atoms with van der Waals surface area (Å²) in [5.41, 5.74) is -1.13. The summed E-state index contributed by atoms with van der Waals surface area (Å²) in [6.07, 6.45) is 0.793. The number of halogens is 3. The molecule has 2 rings (SSSR count). The lowest BCUT2D eigenvalue weighted by molar-refractivity contribution is -0.140. The van der Waals surface area contributed by atoms with Crippen molar-refractivity contribution in [2.24, 2.45) is 0 Å². The summed E-state index contributed by atoms with van der Waals surface area (Å²) in [5, 5.41) is 0. The van der Waals surface area contributed by atoms with Gasteiger partial charge in [0.25, 0.3) is 0 Å². The van der Waals surface area contributed by atoms with Crippen LogP contribution in [-0.2, 0) is 6.18 Å². The fraction of sp³-hybridized carbons (Fsp3) is 0.143. The van der Waals surface area contributed by atoms with Gasteiger partial charge in [0, 0.05) is 24.8 Å². The molecule has 6 heteroatoms. The van der Waals surface area contributed by atoms with Crippen LogP contribution in [0.2, 0.25) is 0 Å². The van der Waals surface area contributed by atoms with Gasteiger partial charge in [-0.05, 0) is 0 Å². The summed E-state index contributed by atoms with van der Waals surface area (Å²) in [4.78, 5) is 6.81. The highest BCUT2D eigenvalue weighted by Crippen LogP contribution is 2.29. The lowest BCUT2D eigenvalue weighted by Crippen LogP contribution is -2.10. The van der Waals surface area contributed by atoms with Crippen LogP contribution in [0, 0.1) is 0 Å². The van der Waals surface area contributed by atoms with Crippen molar-refractivity contribution in [3.8, 4) is 0 Å². The Morgan fingerprint density at radius 1 is 1.08 bits per heavy atom. The molecule has 0 amide bonds. The zero-order valence-corrected chi connectivity index (χ0v) is 6.28. The molecule has 0 aliphatic rings. The highest BCUT2D eigenvalue weighted by atomic mass is 19.4. The molecule has 3 nitrogen and oxygen atoms in total. The van der Waals surface area contributed by atoms with E-state index in [4.69, 9.17) is 0 Å². The maximum atomic E-state index is 12.3. The van der Waals surface area contributed by atoms with Crippen molar-refractivity contribution < 1.29 is 13.2 Å². The third-order valence-corrected chi connectivity index (χ3v) is 1.58. The first-order valence-corrected chi connectivity index (χ1v) is 3.44. The lowest BCUT2D eigenvalue weighted by atomic mass is 10.4. The van der Waals surface area contributed by atoms with E-state index < -0.39 is 11.9 Å². The molecule has 0 aliphatic carbocycles. The summed E-state index contributed by atoms with van der Waals surface area (Å²) in [6, 6.07) is 0. The Morgan fingerprint density at radius 2 is 1.69 bits per heavy atom. The summed E-state index contributed by atoms with van der Waals surface area (Å²) >= 11 is 0. The molecule has 0 aliphatic heterocycles. The first-order chi connectivity index (χ1) is 6.09. The Morgan fingerprint density at radius 3 is 2.31 bits per heavy atom. The topological polar surface area (TPSA) is 30.2 Å². The Balaban J connectivity index is 2.75. The van der Waals surface area contributed by atoms with E-state index in [-0.39, 0.29) is 5.65 Å². The number of nitrogens with zero attached hydrogens (tertiary/aromatic N) is 3. The number of hydrogen-bond donors (Lipinski definition) is 0. The minimum atomic E-state index is -4.45. The Bertz CT molecular complexity index is 432. The maximum absolute atomic E-state index is 12.3. The molecule has 68 valence electrons. The monoisotopic (exact) mass is 187 g/mol. The quantitative estimate of drug-likeness (QED) is 0.628. The molecular weight excluding hydrogens is 183 g/mol. The van der Waals surface area contributed by atoms with Gasteiger partial charge in [0.15, 0.2) is 11.3 Å². The van der Waals surface area contributed by atoms with Crippen molar-refractivity contribution in [1.82, 2.24) is 14.4 Å². The minimum absolute atomic E-state index is 0.171. The zero-order chi connectivity index (χ0) is 9.47. The van der Waals surface area contributed by atoms with Crippen LogP contribution in [0.25, 0.3) is 5.65 Å². The van der Waals surface area contributed by atoms with Crippen molar-refractivity contribution in [3.05, 3.63) is 30.5 Å². The van der Waals surface area contributed by atoms with Gasteiger partial charge < -0.3 is 4.40 Å². The molecular formula is C7H4F3N3. The molecule has 0 fully saturated rings. The van der Waals surface area contributed by atoms with Crippen LogP contribution < -0.4 is 0 Å². The molecule has 2 aromatic rings. The van der Waals surface area contributed by atoms with Crippen LogP contribution >= 0.6 is 0 Å². The van der Waals surface area contributed by atoms with Gasteiger partial charge in [-0.25, -0.2) is 9.97 Å². The normalized spacial score (nSPS) is 12.2. The van der Waals surface area contributed by atoms with Crippen molar-refractivity contribution in [1.29, 1.82) is 0 Å². The van der Waals surface area contributed by atoms with Crippen LogP contribution in [0.5, 0.6) is 0 Å². The van der Waals surface area contributed by atoms with Crippen LogP contribution in [0.1, 0.15) is 5.69 Å². The third-order valence-electron chi connectivity index (χ3n) is 1.58. The van der Waals surface area contributed by atoms with Crippen LogP contribution in [-0.4, -0.2) is 14.4 Å². The average Bonchev–Trinajstić information content (AvgIpc) is 2.48. The predicted octanol–water partition coefficient (Wildman–Crippen LogP) is 1.75. The van der Waals surface area contributed by atoms with Crippen molar-refractivity contribution in [2.45, 2.75) is 6.18 Å². The van der Waals surface area contributed by atoms with Crippen molar-refractivity contribution >= 4 is 5.65 Å². The number of aromatic nitrogens is 3. The Labute approximate surface area is 70.9 Å². The summed E-state index contributed by atoms with van der Waals surface area (Å²) in [6.45, 7) is 0. The van der Waals surface area contributed by atoms with Crippen molar-refractivity contribution in [3.63, 3.8) is 0 Å². The third kappa shape index (κ3) is 1.24. The molecule has 0 radical (unpaired) electrons. The molecule has 0 unspecified atom stereocenters. The average molecular weight is 187 g/mol. The summed E-state index contributed by atoms with van der Waals surface area (Å²) in [7, 11) is 0. The van der Waals surface area contributed by atoms with E-state index in [9.17, 15) is 13.2 Å². The SMILES string of the molecule is FC(F)(F)c1nccn2ccnc12. The van der Waals surface area contributed by atoms with E-state index in [0.29, 0.717) is 0 Å². The Hall–Kier alpha value is -1.59. The number of fused-ring (bicyclic) bond motifs is 1. The second-order valence-electron chi connectivity index (χ2n) is 2.43. The molecule has 2 heterocycles. The summed E-state index contributed by atoms with van der Waals surface area (Å²) < 4.78 is 38.1. The van der Waals surface area contributed by atoms with Gasteiger partial charge >= 0.3 is 6.18 Å². The molecule has 2 aromatic heterocycles. The van der Waals surface area contributed by atoms with Crippen LogP contribution in [0.3, 0.4) is 0 Å². The number of alkyl halides is 3. The van der Waals surface area contributed by atoms with Gasteiger partial charge in [0.1, 0.15) is 0 Å². The van der Waals surface area contributed by atoms with Gasteiger partial charge in [-0.15, -0.1) is 0 Å². The molecule has 0 saturated heterocycles. The molecule has 13 heavy (non-hydrogen) atoms. The largest absolute Gasteiger partial charge is 0.437 e. The van der Waals surface area contributed by atoms with E-state index in [1.807, 2.05) is 0 Å². The standard InChI is InChI=1S/C7H4F3N3/c8-7(9,10)5-6-12-2-4-13(6)3-1-11-5/h1-4H. The van der Waals surface area contributed by atoms with Gasteiger partial charge in [-0.3, -0.25) is 0 Å². The molecule has 0 aromatic carbocycles. The maximum Gasteiger partial charge on any atom is 0.437 e. The van der Waals surface area contributed by atoms with E-state index in [1.54, 1.807) is 0 Å². The van der Waals surface area contributed by atoms with Gasteiger partial charge in [0.2, 0.25) is 0 Å². The highest BCUT2D eigenvalue weighted by molar-refractivity contribution is 5.44.